The maximum absolute atomic E-state index is 12.6. The summed E-state index contributed by atoms with van der Waals surface area (Å²) in [5, 5.41) is 0.890. The number of ether oxygens (including phenoxy) is 5. The maximum Gasteiger partial charge on any atom is 0.355 e. The molecule has 0 amide bonds. The van der Waals surface area contributed by atoms with Crippen LogP contribution in [-0.2, 0) is 11.2 Å². The van der Waals surface area contributed by atoms with E-state index in [4.69, 9.17) is 23.7 Å². The summed E-state index contributed by atoms with van der Waals surface area (Å²) in [6, 6.07) is 9.37. The summed E-state index contributed by atoms with van der Waals surface area (Å²) < 4.78 is 26.9. The van der Waals surface area contributed by atoms with E-state index in [1.807, 2.05) is 30.3 Å². The Balaban J connectivity index is 2.15. The van der Waals surface area contributed by atoms with Crippen LogP contribution in [0, 0.1) is 0 Å². The summed E-state index contributed by atoms with van der Waals surface area (Å²) in [6.07, 6.45) is 0.456. The Morgan fingerprint density at radius 3 is 2.17 bits per heavy atom. The quantitative estimate of drug-likeness (QED) is 0.578. The molecular formula is C22H25NO6. The maximum atomic E-state index is 12.6. The van der Waals surface area contributed by atoms with Gasteiger partial charge in [-0.25, -0.2) is 4.79 Å². The molecule has 0 fully saturated rings. The van der Waals surface area contributed by atoms with Crippen LogP contribution in [0.25, 0.3) is 10.9 Å². The molecule has 29 heavy (non-hydrogen) atoms. The molecule has 0 aliphatic carbocycles. The van der Waals surface area contributed by atoms with Crippen molar-refractivity contribution >= 4 is 16.9 Å². The third-order valence-electron chi connectivity index (χ3n) is 4.70. The minimum Gasteiger partial charge on any atom is -0.497 e. The highest BCUT2D eigenvalue weighted by Gasteiger charge is 2.21. The number of hydrogen-bond donors (Lipinski definition) is 1. The molecule has 2 aromatic carbocycles. The number of aromatic nitrogens is 1. The van der Waals surface area contributed by atoms with Crippen molar-refractivity contribution in [1.82, 2.24) is 4.98 Å². The molecule has 0 spiro atoms. The minimum atomic E-state index is -0.398. The number of hydrogen-bond acceptors (Lipinski definition) is 6. The van der Waals surface area contributed by atoms with Crippen LogP contribution in [-0.4, -0.2) is 46.0 Å². The lowest BCUT2D eigenvalue weighted by atomic mass is 10.0. The molecule has 154 valence electrons. The van der Waals surface area contributed by atoms with Gasteiger partial charge in [-0.15, -0.1) is 0 Å². The Morgan fingerprint density at radius 2 is 1.62 bits per heavy atom. The summed E-state index contributed by atoms with van der Waals surface area (Å²) >= 11 is 0. The normalized spacial score (nSPS) is 10.7. The van der Waals surface area contributed by atoms with Gasteiger partial charge in [0, 0.05) is 17.3 Å². The molecule has 3 aromatic rings. The third-order valence-corrected chi connectivity index (χ3v) is 4.70. The fourth-order valence-corrected chi connectivity index (χ4v) is 3.36. The fraction of sp³-hybridized carbons (Fsp3) is 0.318. The number of benzene rings is 2. The average Bonchev–Trinajstić information content (AvgIpc) is 3.10. The highest BCUT2D eigenvalue weighted by Crippen LogP contribution is 2.39. The first-order valence-electron chi connectivity index (χ1n) is 9.20. The van der Waals surface area contributed by atoms with Gasteiger partial charge in [0.2, 0.25) is 5.75 Å². The molecule has 0 saturated heterocycles. The van der Waals surface area contributed by atoms with Crippen LogP contribution in [0.5, 0.6) is 23.0 Å². The van der Waals surface area contributed by atoms with Gasteiger partial charge in [-0.05, 0) is 48.4 Å². The van der Waals surface area contributed by atoms with Crippen molar-refractivity contribution in [2.24, 2.45) is 0 Å². The Morgan fingerprint density at radius 1 is 0.931 bits per heavy atom. The van der Waals surface area contributed by atoms with Crippen LogP contribution in [0.15, 0.2) is 30.3 Å². The molecule has 0 atom stereocenters. The average molecular weight is 399 g/mol. The van der Waals surface area contributed by atoms with Crippen molar-refractivity contribution < 1.29 is 28.5 Å². The molecule has 0 radical (unpaired) electrons. The molecule has 7 nitrogen and oxygen atoms in total. The molecule has 0 bridgehead atoms. The van der Waals surface area contributed by atoms with Crippen molar-refractivity contribution in [1.29, 1.82) is 0 Å². The lowest BCUT2D eigenvalue weighted by Gasteiger charge is -2.14. The van der Waals surface area contributed by atoms with Crippen LogP contribution < -0.4 is 18.9 Å². The number of carbonyl (C=O) groups excluding carboxylic acids is 1. The second-order valence-corrected chi connectivity index (χ2v) is 6.32. The second-order valence-electron chi connectivity index (χ2n) is 6.32. The lowest BCUT2D eigenvalue weighted by Crippen LogP contribution is -2.08. The number of methoxy groups -OCH3 is 4. The third kappa shape index (κ3) is 3.94. The topological polar surface area (TPSA) is 79.0 Å². The van der Waals surface area contributed by atoms with Gasteiger partial charge in [-0.1, -0.05) is 0 Å². The summed E-state index contributed by atoms with van der Waals surface area (Å²) in [5.74, 6) is 1.93. The van der Waals surface area contributed by atoms with E-state index in [9.17, 15) is 4.79 Å². The van der Waals surface area contributed by atoms with Gasteiger partial charge >= 0.3 is 5.97 Å². The van der Waals surface area contributed by atoms with E-state index in [1.54, 1.807) is 35.4 Å². The van der Waals surface area contributed by atoms with Crippen LogP contribution >= 0.6 is 0 Å². The van der Waals surface area contributed by atoms with Gasteiger partial charge < -0.3 is 28.7 Å². The van der Waals surface area contributed by atoms with Crippen LogP contribution in [0.3, 0.4) is 0 Å². The molecule has 7 heteroatoms. The summed E-state index contributed by atoms with van der Waals surface area (Å²) in [6.45, 7) is 2.07. The van der Waals surface area contributed by atoms with E-state index in [-0.39, 0.29) is 0 Å². The Kier molecular flexibility index (Phi) is 6.16. The van der Waals surface area contributed by atoms with Crippen molar-refractivity contribution in [2.75, 3.05) is 35.0 Å². The summed E-state index contributed by atoms with van der Waals surface area (Å²) in [5.41, 5.74) is 2.96. The van der Waals surface area contributed by atoms with E-state index in [2.05, 4.69) is 4.98 Å². The van der Waals surface area contributed by atoms with E-state index in [0.717, 1.165) is 22.0 Å². The molecular weight excluding hydrogens is 374 g/mol. The number of esters is 1. The standard InChI is InChI=1S/C22H25NO6/c1-6-29-22(24)20-16(15-12-14(25-2)7-8-17(15)23-20)9-13-10-18(26-3)21(28-5)19(11-13)27-4/h7-8,10-12,23H,6,9H2,1-5H3. The lowest BCUT2D eigenvalue weighted by molar-refractivity contribution is 0.0519. The van der Waals surface area contributed by atoms with Gasteiger partial charge in [0.05, 0.1) is 35.0 Å². The SMILES string of the molecule is CCOC(=O)c1[nH]c2ccc(OC)cc2c1Cc1cc(OC)c(OC)c(OC)c1. The van der Waals surface area contributed by atoms with Crippen molar-refractivity contribution in [3.8, 4) is 23.0 Å². The molecule has 0 unspecified atom stereocenters. The Labute approximate surface area is 169 Å². The molecule has 1 aromatic heterocycles. The van der Waals surface area contributed by atoms with E-state index in [1.165, 1.54) is 0 Å². The molecule has 1 N–H and O–H groups in total. The highest BCUT2D eigenvalue weighted by molar-refractivity contribution is 5.99. The predicted molar refractivity (Wildman–Crippen MR) is 110 cm³/mol. The number of rotatable bonds is 8. The summed E-state index contributed by atoms with van der Waals surface area (Å²) in [7, 11) is 6.31. The van der Waals surface area contributed by atoms with Crippen LogP contribution in [0.4, 0.5) is 0 Å². The van der Waals surface area contributed by atoms with Gasteiger partial charge in [0.1, 0.15) is 11.4 Å². The number of fused-ring (bicyclic) bond motifs is 1. The Hall–Kier alpha value is -3.35. The number of carbonyl (C=O) groups is 1. The monoisotopic (exact) mass is 399 g/mol. The minimum absolute atomic E-state index is 0.293. The molecule has 1 heterocycles. The van der Waals surface area contributed by atoms with E-state index < -0.39 is 5.97 Å². The first-order chi connectivity index (χ1) is 14.1. The zero-order valence-corrected chi connectivity index (χ0v) is 17.3. The smallest absolute Gasteiger partial charge is 0.355 e. The molecule has 3 rings (SSSR count). The molecule has 0 aliphatic heterocycles. The number of nitrogens with one attached hydrogen (secondary N) is 1. The Bertz CT molecular complexity index is 999. The van der Waals surface area contributed by atoms with E-state index >= 15 is 0 Å². The first-order valence-corrected chi connectivity index (χ1v) is 9.20. The largest absolute Gasteiger partial charge is 0.497 e. The predicted octanol–water partition coefficient (Wildman–Crippen LogP) is 3.97. The summed E-state index contributed by atoms with van der Waals surface area (Å²) in [4.78, 5) is 15.8. The van der Waals surface area contributed by atoms with Crippen molar-refractivity contribution in [2.45, 2.75) is 13.3 Å². The van der Waals surface area contributed by atoms with Crippen LogP contribution in [0.1, 0.15) is 28.5 Å². The second kappa shape index (κ2) is 8.77. The van der Waals surface area contributed by atoms with E-state index in [0.29, 0.717) is 41.7 Å². The molecule has 0 saturated carbocycles. The number of H-pyrrole nitrogens is 1. The number of aromatic amines is 1. The zero-order valence-electron chi connectivity index (χ0n) is 17.3. The van der Waals surface area contributed by atoms with Gasteiger partial charge in [0.15, 0.2) is 11.5 Å². The molecule has 0 aliphatic rings. The first kappa shape index (κ1) is 20.4. The van der Waals surface area contributed by atoms with Crippen molar-refractivity contribution in [3.63, 3.8) is 0 Å². The highest BCUT2D eigenvalue weighted by atomic mass is 16.5. The van der Waals surface area contributed by atoms with Crippen molar-refractivity contribution in [3.05, 3.63) is 47.2 Å². The zero-order chi connectivity index (χ0) is 21.0. The fourth-order valence-electron chi connectivity index (χ4n) is 3.36. The van der Waals surface area contributed by atoms with Gasteiger partial charge in [0.25, 0.3) is 0 Å². The van der Waals surface area contributed by atoms with Crippen LogP contribution in [0.2, 0.25) is 0 Å². The van der Waals surface area contributed by atoms with Gasteiger partial charge in [-0.3, -0.25) is 0 Å². The van der Waals surface area contributed by atoms with Gasteiger partial charge in [-0.2, -0.15) is 0 Å².